The summed E-state index contributed by atoms with van der Waals surface area (Å²) in [5, 5.41) is 24.3. The average molecular weight is 385 g/mol. The lowest BCUT2D eigenvalue weighted by molar-refractivity contribution is -0.384. The molecule has 1 aromatic carbocycles. The molecule has 0 fully saturated rings. The largest absolute Gasteiger partial charge is 0.378 e. The molecule has 0 aliphatic rings. The van der Waals surface area contributed by atoms with Crippen molar-refractivity contribution in [3.05, 3.63) is 58.8 Å². The van der Waals surface area contributed by atoms with E-state index in [9.17, 15) is 25.0 Å². The predicted octanol–water partition coefficient (Wildman–Crippen LogP) is 2.40. The highest BCUT2D eigenvalue weighted by molar-refractivity contribution is 6.37. The van der Waals surface area contributed by atoms with Crippen LogP contribution in [0, 0.1) is 20.2 Å². The molecule has 3 N–H and O–H groups in total. The van der Waals surface area contributed by atoms with E-state index < -0.39 is 26.8 Å². The Morgan fingerprint density at radius 3 is 2.40 bits per heavy atom. The summed E-state index contributed by atoms with van der Waals surface area (Å²) < 4.78 is 0.787. The summed E-state index contributed by atoms with van der Waals surface area (Å²) in [5.74, 6) is -0.361. The van der Waals surface area contributed by atoms with Crippen LogP contribution >= 0.6 is 23.2 Å². The number of aromatic amines is 1. The third kappa shape index (κ3) is 2.64. The van der Waals surface area contributed by atoms with E-state index in [1.54, 1.807) is 0 Å². The second-order valence-corrected chi connectivity index (χ2v) is 5.62. The van der Waals surface area contributed by atoms with Crippen LogP contribution < -0.4 is 11.3 Å². The Labute approximate surface area is 146 Å². The van der Waals surface area contributed by atoms with Gasteiger partial charge in [-0.05, 0) is 6.07 Å². The maximum Gasteiger partial charge on any atom is 0.354 e. The van der Waals surface area contributed by atoms with Gasteiger partial charge in [0.25, 0.3) is 11.2 Å². The van der Waals surface area contributed by atoms with Crippen LogP contribution in [0.3, 0.4) is 0 Å². The van der Waals surface area contributed by atoms with E-state index in [2.05, 4.69) is 10.1 Å². The maximum atomic E-state index is 12.2. The van der Waals surface area contributed by atoms with E-state index in [-0.39, 0.29) is 32.8 Å². The summed E-state index contributed by atoms with van der Waals surface area (Å²) in [6.45, 7) is 0. The zero-order valence-corrected chi connectivity index (χ0v) is 13.4. The number of rotatable bonds is 3. The molecule has 0 amide bonds. The van der Waals surface area contributed by atoms with Crippen LogP contribution in [0.15, 0.2) is 23.0 Å². The number of nitrogens with two attached hydrogens (primary N) is 1. The highest BCUT2D eigenvalue weighted by Crippen LogP contribution is 2.36. The monoisotopic (exact) mass is 384 g/mol. The van der Waals surface area contributed by atoms with Crippen molar-refractivity contribution in [3.8, 4) is 11.3 Å². The number of H-pyrrole nitrogens is 1. The molecule has 0 atom stereocenters. The van der Waals surface area contributed by atoms with Crippen LogP contribution in [-0.4, -0.2) is 24.4 Å². The summed E-state index contributed by atoms with van der Waals surface area (Å²) in [6, 6.07) is 3.16. The number of nitrogen functional groups attached to an aromatic ring is 1. The van der Waals surface area contributed by atoms with Gasteiger partial charge < -0.3 is 5.73 Å². The van der Waals surface area contributed by atoms with Crippen LogP contribution in [0.2, 0.25) is 10.0 Å². The van der Waals surface area contributed by atoms with E-state index in [1.807, 2.05) is 0 Å². The molecular formula is C12H6Cl2N6O5. The average Bonchev–Trinajstić information content (AvgIpc) is 2.83. The Bertz CT molecular complexity index is 1120. The zero-order chi connectivity index (χ0) is 18.5. The lowest BCUT2D eigenvalue weighted by atomic mass is 10.1. The predicted molar refractivity (Wildman–Crippen MR) is 89.0 cm³/mol. The van der Waals surface area contributed by atoms with Gasteiger partial charge in [0.05, 0.1) is 20.6 Å². The van der Waals surface area contributed by atoms with Gasteiger partial charge in [-0.25, -0.2) is 4.98 Å². The number of hydrogen-bond donors (Lipinski definition) is 2. The van der Waals surface area contributed by atoms with Crippen LogP contribution in [0.1, 0.15) is 0 Å². The molecule has 2 heterocycles. The third-order valence-corrected chi connectivity index (χ3v) is 3.93. The normalized spacial score (nSPS) is 11.0. The second kappa shape index (κ2) is 5.72. The van der Waals surface area contributed by atoms with Gasteiger partial charge in [-0.3, -0.25) is 30.1 Å². The first-order chi connectivity index (χ1) is 11.7. The van der Waals surface area contributed by atoms with Gasteiger partial charge in [0.15, 0.2) is 5.82 Å². The minimum Gasteiger partial charge on any atom is -0.378 e. The highest BCUT2D eigenvalue weighted by atomic mass is 35.5. The molecule has 0 saturated carbocycles. The van der Waals surface area contributed by atoms with Gasteiger partial charge in [0, 0.05) is 17.7 Å². The van der Waals surface area contributed by atoms with Gasteiger partial charge in [0.2, 0.25) is 5.65 Å². The Kier molecular flexibility index (Phi) is 3.81. The van der Waals surface area contributed by atoms with Crippen LogP contribution in [-0.2, 0) is 0 Å². The van der Waals surface area contributed by atoms with Crippen LogP contribution in [0.25, 0.3) is 16.9 Å². The van der Waals surface area contributed by atoms with E-state index in [0.29, 0.717) is 0 Å². The fourth-order valence-corrected chi connectivity index (χ4v) is 2.78. The van der Waals surface area contributed by atoms with Crippen molar-refractivity contribution in [2.45, 2.75) is 0 Å². The summed E-state index contributed by atoms with van der Waals surface area (Å²) in [7, 11) is 0. The van der Waals surface area contributed by atoms with Crippen molar-refractivity contribution in [2.75, 3.05) is 5.73 Å². The Hall–Kier alpha value is -3.18. The molecule has 0 spiro atoms. The number of nitro groups is 2. The van der Waals surface area contributed by atoms with Gasteiger partial charge in [-0.2, -0.15) is 4.52 Å². The van der Waals surface area contributed by atoms with Crippen LogP contribution in [0.4, 0.5) is 17.2 Å². The zero-order valence-electron chi connectivity index (χ0n) is 11.9. The minimum atomic E-state index is -0.802. The number of hydrogen-bond acceptors (Lipinski definition) is 7. The molecule has 0 saturated heterocycles. The summed E-state index contributed by atoms with van der Waals surface area (Å²) in [5.41, 5.74) is 3.30. The maximum absolute atomic E-state index is 12.2. The van der Waals surface area contributed by atoms with Gasteiger partial charge in [-0.15, -0.1) is 0 Å². The molecule has 0 aliphatic heterocycles. The van der Waals surface area contributed by atoms with Crippen molar-refractivity contribution in [3.63, 3.8) is 0 Å². The first-order valence-corrected chi connectivity index (χ1v) is 7.15. The van der Waals surface area contributed by atoms with E-state index in [1.165, 1.54) is 0 Å². The molecule has 3 aromatic rings. The Morgan fingerprint density at radius 2 is 1.80 bits per heavy atom. The quantitative estimate of drug-likeness (QED) is 0.516. The number of fused-ring (bicyclic) bond motifs is 1. The number of nitro benzene ring substituents is 1. The Morgan fingerprint density at radius 1 is 1.12 bits per heavy atom. The van der Waals surface area contributed by atoms with Crippen molar-refractivity contribution in [2.24, 2.45) is 0 Å². The van der Waals surface area contributed by atoms with E-state index >= 15 is 0 Å². The molecule has 0 aliphatic carbocycles. The molecule has 13 heteroatoms. The summed E-state index contributed by atoms with van der Waals surface area (Å²) in [6.07, 6.45) is 0. The molecule has 0 radical (unpaired) electrons. The van der Waals surface area contributed by atoms with Crippen LogP contribution in [0.5, 0.6) is 0 Å². The van der Waals surface area contributed by atoms with Crippen molar-refractivity contribution < 1.29 is 9.85 Å². The van der Waals surface area contributed by atoms with Gasteiger partial charge in [-0.1, -0.05) is 23.2 Å². The SMILES string of the molecule is Nc1[nH]n2c(=O)cc(-c3cc([N+](=O)[O-])c(Cl)cc3Cl)nc2c1[N+](=O)[O-]. The molecule has 11 nitrogen and oxygen atoms in total. The Balaban J connectivity index is 2.36. The number of halogens is 2. The standard InChI is InChI=1S/C12H6Cl2N6O5/c13-5-2-6(14)8(19(22)23)1-4(5)7-3-9(21)18-12(16-7)10(20(24)25)11(15)17-18/h1-3,17H,15H2. The van der Waals surface area contributed by atoms with Crippen molar-refractivity contribution in [1.82, 2.24) is 14.6 Å². The molecule has 3 rings (SSSR count). The second-order valence-electron chi connectivity index (χ2n) is 4.81. The lowest BCUT2D eigenvalue weighted by Gasteiger charge is -2.05. The third-order valence-electron chi connectivity index (χ3n) is 3.31. The van der Waals surface area contributed by atoms with E-state index in [0.717, 1.165) is 22.7 Å². The summed E-state index contributed by atoms with van der Waals surface area (Å²) >= 11 is 11.8. The van der Waals surface area contributed by atoms with Crippen molar-refractivity contribution >= 4 is 46.0 Å². The molecule has 2 aromatic heterocycles. The smallest absolute Gasteiger partial charge is 0.354 e. The molecule has 0 bridgehead atoms. The van der Waals surface area contributed by atoms with Crippen molar-refractivity contribution in [1.29, 1.82) is 0 Å². The minimum absolute atomic E-state index is 0.0157. The number of anilines is 1. The molecular weight excluding hydrogens is 379 g/mol. The number of nitrogens with zero attached hydrogens (tertiary/aromatic N) is 4. The van der Waals surface area contributed by atoms with E-state index in [4.69, 9.17) is 28.9 Å². The number of benzene rings is 1. The summed E-state index contributed by atoms with van der Waals surface area (Å²) in [4.78, 5) is 36.8. The van der Waals surface area contributed by atoms with Gasteiger partial charge >= 0.3 is 5.69 Å². The first kappa shape index (κ1) is 16.7. The molecule has 128 valence electrons. The lowest BCUT2D eigenvalue weighted by Crippen LogP contribution is -2.14. The number of nitrogens with one attached hydrogen (secondary N) is 1. The topological polar surface area (TPSA) is 162 Å². The fraction of sp³-hybridized carbons (Fsp3) is 0. The first-order valence-electron chi connectivity index (χ1n) is 6.40. The van der Waals surface area contributed by atoms with Gasteiger partial charge in [0.1, 0.15) is 5.02 Å². The number of aromatic nitrogens is 3. The molecule has 0 unspecified atom stereocenters. The fourth-order valence-electron chi connectivity index (χ4n) is 2.23. The molecule has 25 heavy (non-hydrogen) atoms. The highest BCUT2D eigenvalue weighted by Gasteiger charge is 2.25.